The zero-order chi connectivity index (χ0) is 23.4. The second-order valence-corrected chi connectivity index (χ2v) is 9.69. The number of nitrogen functional groups attached to an aromatic ring is 1. The van der Waals surface area contributed by atoms with E-state index in [1.807, 2.05) is 25.1 Å². The summed E-state index contributed by atoms with van der Waals surface area (Å²) in [7, 11) is 0. The van der Waals surface area contributed by atoms with Crippen molar-refractivity contribution < 1.29 is 14.9 Å². The molecule has 3 aromatic rings. The number of thioether (sulfide) groups is 1. The third-order valence-electron chi connectivity index (χ3n) is 5.52. The normalized spacial score (nSPS) is 15.0. The first-order valence-corrected chi connectivity index (χ1v) is 12.3. The molecule has 0 amide bonds. The van der Waals surface area contributed by atoms with Gasteiger partial charge in [-0.2, -0.15) is 9.97 Å². The highest BCUT2D eigenvalue weighted by molar-refractivity contribution is 7.99. The Kier molecular flexibility index (Phi) is 8.00. The van der Waals surface area contributed by atoms with E-state index in [0.29, 0.717) is 42.2 Å². The monoisotopic (exact) mass is 489 g/mol. The average Bonchev–Trinajstić information content (AvgIpc) is 2.78. The fourth-order valence-corrected chi connectivity index (χ4v) is 5.04. The van der Waals surface area contributed by atoms with Crippen LogP contribution in [-0.2, 0) is 18.0 Å². The first kappa shape index (κ1) is 24.1. The Bertz CT molecular complexity index is 1130. The molecule has 0 fully saturated rings. The largest absolute Gasteiger partial charge is 0.396 e. The summed E-state index contributed by atoms with van der Waals surface area (Å²) in [5.41, 5.74) is 8.93. The summed E-state index contributed by atoms with van der Waals surface area (Å²) >= 11 is 8.15. The molecule has 2 unspecified atom stereocenters. The second-order valence-electron chi connectivity index (χ2n) is 8.22. The van der Waals surface area contributed by atoms with Gasteiger partial charge in [0.2, 0.25) is 5.95 Å². The molecule has 33 heavy (non-hydrogen) atoms. The highest BCUT2D eigenvalue weighted by Gasteiger charge is 2.21. The number of nitrogens with two attached hydrogens (primary N) is 1. The van der Waals surface area contributed by atoms with Crippen LogP contribution in [0, 0.1) is 5.92 Å². The minimum atomic E-state index is -0.628. The lowest BCUT2D eigenvalue weighted by molar-refractivity contribution is 0.0944. The van der Waals surface area contributed by atoms with Gasteiger partial charge in [0.25, 0.3) is 0 Å². The average molecular weight is 490 g/mol. The van der Waals surface area contributed by atoms with Gasteiger partial charge in [-0.1, -0.05) is 48.5 Å². The summed E-state index contributed by atoms with van der Waals surface area (Å²) in [5.74, 6) is 1.40. The van der Waals surface area contributed by atoms with Crippen molar-refractivity contribution in [2.24, 2.45) is 5.92 Å². The molecule has 2 atom stereocenters. The number of aromatic nitrogens is 3. The van der Waals surface area contributed by atoms with Gasteiger partial charge < -0.3 is 20.7 Å². The molecule has 0 bridgehead atoms. The maximum Gasteiger partial charge on any atom is 0.224 e. The lowest BCUT2D eigenvalue weighted by atomic mass is 9.94. The Morgan fingerprint density at radius 3 is 2.88 bits per heavy atom. The molecule has 0 radical (unpaired) electrons. The van der Waals surface area contributed by atoms with Crippen molar-refractivity contribution in [1.29, 1.82) is 0 Å². The molecule has 1 aliphatic rings. The van der Waals surface area contributed by atoms with E-state index in [1.165, 1.54) is 11.8 Å². The summed E-state index contributed by atoms with van der Waals surface area (Å²) < 4.78 is 5.67. The van der Waals surface area contributed by atoms with Crippen LogP contribution in [0.4, 0.5) is 5.95 Å². The van der Waals surface area contributed by atoms with Crippen molar-refractivity contribution in [2.45, 2.75) is 44.4 Å². The quantitative estimate of drug-likeness (QED) is 0.192. The van der Waals surface area contributed by atoms with Crippen LogP contribution in [0.5, 0.6) is 0 Å². The van der Waals surface area contributed by atoms with Crippen LogP contribution in [0.2, 0.25) is 5.02 Å². The van der Waals surface area contributed by atoms with Gasteiger partial charge in [-0.05, 0) is 53.3 Å². The van der Waals surface area contributed by atoms with Crippen molar-refractivity contribution in [1.82, 2.24) is 20.3 Å². The Morgan fingerprint density at radius 2 is 2.06 bits per heavy atom. The van der Waals surface area contributed by atoms with E-state index in [2.05, 4.69) is 26.3 Å². The molecule has 0 saturated carbocycles. The molecule has 176 valence electrons. The number of hydrogen-bond donors (Lipinski definition) is 4. The van der Waals surface area contributed by atoms with Crippen LogP contribution in [0.1, 0.15) is 30.9 Å². The number of anilines is 1. The molecule has 0 spiro atoms. The zero-order valence-corrected chi connectivity index (χ0v) is 20.0. The molecule has 2 heterocycles. The van der Waals surface area contributed by atoms with E-state index < -0.39 is 6.23 Å². The Balaban J connectivity index is 1.48. The molecule has 4 rings (SSSR count). The van der Waals surface area contributed by atoms with Crippen molar-refractivity contribution in [3.8, 4) is 11.4 Å². The number of benzene rings is 2. The van der Waals surface area contributed by atoms with Gasteiger partial charge in [-0.15, -0.1) is 0 Å². The van der Waals surface area contributed by atoms with Gasteiger partial charge in [0.1, 0.15) is 6.23 Å². The summed E-state index contributed by atoms with van der Waals surface area (Å²) in [6, 6.07) is 7.99. The number of aliphatic hydroxyl groups is 2. The Labute approximate surface area is 201 Å². The summed E-state index contributed by atoms with van der Waals surface area (Å²) in [6.45, 7) is 3.69. The molecular weight excluding hydrogens is 462 g/mol. The summed E-state index contributed by atoms with van der Waals surface area (Å²) in [4.78, 5) is 13.3. The topological polar surface area (TPSA) is 126 Å². The van der Waals surface area contributed by atoms with Gasteiger partial charge in [-0.3, -0.25) is 5.32 Å². The van der Waals surface area contributed by atoms with Crippen LogP contribution >= 0.6 is 23.4 Å². The van der Waals surface area contributed by atoms with Gasteiger partial charge >= 0.3 is 0 Å². The maximum atomic E-state index is 9.94. The van der Waals surface area contributed by atoms with Crippen LogP contribution in [0.3, 0.4) is 0 Å². The van der Waals surface area contributed by atoms with Gasteiger partial charge in [-0.25, -0.2) is 4.98 Å². The number of ether oxygens (including phenoxy) is 1. The summed E-state index contributed by atoms with van der Waals surface area (Å²) in [5, 5.41) is 25.3. The molecule has 1 aliphatic heterocycles. The molecule has 1 aromatic heterocycles. The van der Waals surface area contributed by atoms with E-state index in [0.717, 1.165) is 39.6 Å². The van der Waals surface area contributed by atoms with Gasteiger partial charge in [0.15, 0.2) is 11.0 Å². The highest BCUT2D eigenvalue weighted by Crippen LogP contribution is 2.39. The fourth-order valence-electron chi connectivity index (χ4n) is 3.94. The first-order chi connectivity index (χ1) is 16.0. The van der Waals surface area contributed by atoms with Crippen LogP contribution < -0.4 is 11.1 Å². The number of rotatable bonds is 10. The lowest BCUT2D eigenvalue weighted by Gasteiger charge is -2.20. The molecule has 0 saturated heterocycles. The number of nitrogens with one attached hydrogen (secondary N) is 1. The lowest BCUT2D eigenvalue weighted by Crippen LogP contribution is -2.32. The van der Waals surface area contributed by atoms with Crippen LogP contribution in [-0.4, -0.2) is 50.3 Å². The van der Waals surface area contributed by atoms with E-state index >= 15 is 0 Å². The third kappa shape index (κ3) is 5.74. The molecule has 10 heteroatoms. The fraction of sp³-hybridized carbons (Fsp3) is 0.435. The molecule has 5 N–H and O–H groups in total. The number of halogens is 1. The SMILES string of the molecule is CC(CO)CC(O)NCCCSc1nc(N)nc(-c2c(Cl)cc3c4c(cccc24)COC3)n1. The molecular formula is C23H28ClN5O3S. The zero-order valence-electron chi connectivity index (χ0n) is 18.4. The minimum absolute atomic E-state index is 0.0584. The van der Waals surface area contributed by atoms with E-state index in [1.54, 1.807) is 0 Å². The van der Waals surface area contributed by atoms with Crippen LogP contribution in [0.25, 0.3) is 22.2 Å². The standard InChI is InChI=1S/C23H28ClN5O3S/c1-13(10-30)8-18(31)26-6-3-7-33-23-28-21(27-22(25)29-23)20-16-5-2-4-14-11-32-12-15(19(14)16)9-17(20)24/h2,4-5,9,13,18,26,30-31H,3,6-8,10-12H2,1H3,(H2,25,27,28,29). The number of hydrogen-bond acceptors (Lipinski definition) is 9. The first-order valence-electron chi connectivity index (χ1n) is 10.9. The number of aliphatic hydroxyl groups excluding tert-OH is 2. The predicted octanol–water partition coefficient (Wildman–Crippen LogP) is 3.37. The Morgan fingerprint density at radius 1 is 1.24 bits per heavy atom. The molecule has 0 aliphatic carbocycles. The van der Waals surface area contributed by atoms with Crippen molar-refractivity contribution >= 4 is 40.1 Å². The van der Waals surface area contributed by atoms with Crippen LogP contribution in [0.15, 0.2) is 29.4 Å². The van der Waals surface area contributed by atoms with Gasteiger partial charge in [0, 0.05) is 17.9 Å². The smallest absolute Gasteiger partial charge is 0.224 e. The summed E-state index contributed by atoms with van der Waals surface area (Å²) in [6.07, 6.45) is 0.688. The van der Waals surface area contributed by atoms with E-state index in [-0.39, 0.29) is 18.5 Å². The van der Waals surface area contributed by atoms with Crippen molar-refractivity contribution in [2.75, 3.05) is 24.6 Å². The minimum Gasteiger partial charge on any atom is -0.396 e. The van der Waals surface area contributed by atoms with E-state index in [9.17, 15) is 5.11 Å². The Hall–Kier alpha value is -2.01. The number of nitrogens with zero attached hydrogens (tertiary/aromatic N) is 3. The second kappa shape index (κ2) is 10.9. The van der Waals surface area contributed by atoms with Gasteiger partial charge in [0.05, 0.1) is 18.2 Å². The van der Waals surface area contributed by atoms with E-state index in [4.69, 9.17) is 27.2 Å². The highest BCUT2D eigenvalue weighted by atomic mass is 35.5. The molecule has 2 aromatic carbocycles. The predicted molar refractivity (Wildman–Crippen MR) is 131 cm³/mol. The molecule has 8 nitrogen and oxygen atoms in total. The van der Waals surface area contributed by atoms with Crippen molar-refractivity contribution in [3.63, 3.8) is 0 Å². The van der Waals surface area contributed by atoms with Crippen molar-refractivity contribution in [3.05, 3.63) is 40.4 Å². The third-order valence-corrected chi connectivity index (χ3v) is 6.75. The maximum absolute atomic E-state index is 9.94.